The van der Waals surface area contributed by atoms with E-state index in [9.17, 15) is 13.2 Å². The third kappa shape index (κ3) is 6.42. The van der Waals surface area contributed by atoms with E-state index in [0.29, 0.717) is 37.6 Å². The van der Waals surface area contributed by atoms with Crippen LogP contribution in [0.1, 0.15) is 26.0 Å². The minimum atomic E-state index is -3.61. The van der Waals surface area contributed by atoms with Gasteiger partial charge in [0.2, 0.25) is 15.9 Å². The van der Waals surface area contributed by atoms with Crippen molar-refractivity contribution in [2.24, 2.45) is 0 Å². The van der Waals surface area contributed by atoms with Gasteiger partial charge in [-0.25, -0.2) is 8.42 Å². The third-order valence-electron chi connectivity index (χ3n) is 4.33. The van der Waals surface area contributed by atoms with E-state index in [1.165, 1.54) is 16.4 Å². The van der Waals surface area contributed by atoms with Gasteiger partial charge in [-0.2, -0.15) is 9.57 Å². The predicted molar refractivity (Wildman–Crippen MR) is 109 cm³/mol. The van der Waals surface area contributed by atoms with Gasteiger partial charge in [0.1, 0.15) is 5.76 Å². The van der Waals surface area contributed by atoms with Crippen LogP contribution in [-0.4, -0.2) is 49.7 Å². The van der Waals surface area contributed by atoms with Crippen LogP contribution in [0.25, 0.3) is 0 Å². The van der Waals surface area contributed by atoms with Crippen LogP contribution >= 0.6 is 0 Å². The number of furan rings is 1. The Morgan fingerprint density at radius 1 is 1.21 bits per heavy atom. The molecule has 1 heterocycles. The van der Waals surface area contributed by atoms with Crippen molar-refractivity contribution < 1.29 is 17.6 Å². The molecule has 0 saturated carbocycles. The minimum absolute atomic E-state index is 0.0510. The number of carbonyl (C=O) groups is 1. The van der Waals surface area contributed by atoms with E-state index in [-0.39, 0.29) is 23.8 Å². The molecule has 29 heavy (non-hydrogen) atoms. The molecule has 0 saturated heterocycles. The Bertz CT molecular complexity index is 932. The standard InChI is InChI=1S/C20H26N4O4S/c1-3-24(4-2)29(26,27)19-10-5-8-17(14-19)22-20(25)16-23(12-7-11-21)15-18-9-6-13-28-18/h5-6,8-10,13-14H,3-4,7,12,15-16H2,1-2H3,(H,22,25). The third-order valence-corrected chi connectivity index (χ3v) is 6.37. The van der Waals surface area contributed by atoms with Crippen LogP contribution in [0.5, 0.6) is 0 Å². The van der Waals surface area contributed by atoms with Crippen molar-refractivity contribution in [1.29, 1.82) is 5.26 Å². The minimum Gasteiger partial charge on any atom is -0.468 e. The van der Waals surface area contributed by atoms with Gasteiger partial charge in [0.05, 0.1) is 30.3 Å². The molecular formula is C20H26N4O4S. The number of benzene rings is 1. The fourth-order valence-corrected chi connectivity index (χ4v) is 4.40. The Balaban J connectivity index is 2.08. The van der Waals surface area contributed by atoms with Crippen molar-refractivity contribution in [3.05, 3.63) is 48.4 Å². The summed E-state index contributed by atoms with van der Waals surface area (Å²) >= 11 is 0. The Labute approximate surface area is 171 Å². The summed E-state index contributed by atoms with van der Waals surface area (Å²) < 4.78 is 32.0. The molecule has 0 aliphatic rings. The summed E-state index contributed by atoms with van der Waals surface area (Å²) in [7, 11) is -3.61. The molecule has 1 N–H and O–H groups in total. The zero-order chi connectivity index (χ0) is 21.3. The van der Waals surface area contributed by atoms with Crippen LogP contribution in [-0.2, 0) is 21.4 Å². The molecule has 0 radical (unpaired) electrons. The number of sulfonamides is 1. The fourth-order valence-electron chi connectivity index (χ4n) is 2.90. The molecule has 2 rings (SSSR count). The molecule has 0 fully saturated rings. The second-order valence-electron chi connectivity index (χ2n) is 6.36. The molecule has 1 aromatic heterocycles. The molecule has 0 atom stereocenters. The van der Waals surface area contributed by atoms with Gasteiger partial charge in [-0.3, -0.25) is 9.69 Å². The maximum absolute atomic E-state index is 12.7. The lowest BCUT2D eigenvalue weighted by Crippen LogP contribution is -2.33. The number of anilines is 1. The lowest BCUT2D eigenvalue weighted by Gasteiger charge is -2.20. The highest BCUT2D eigenvalue weighted by atomic mass is 32.2. The smallest absolute Gasteiger partial charge is 0.243 e. The highest BCUT2D eigenvalue weighted by molar-refractivity contribution is 7.89. The van der Waals surface area contributed by atoms with E-state index >= 15 is 0 Å². The molecule has 8 nitrogen and oxygen atoms in total. The number of nitriles is 1. The number of rotatable bonds is 11. The van der Waals surface area contributed by atoms with Crippen LogP contribution in [0.4, 0.5) is 5.69 Å². The largest absolute Gasteiger partial charge is 0.468 e. The maximum Gasteiger partial charge on any atom is 0.243 e. The summed E-state index contributed by atoms with van der Waals surface area (Å²) in [5.41, 5.74) is 0.404. The van der Waals surface area contributed by atoms with Crippen molar-refractivity contribution in [3.63, 3.8) is 0 Å². The summed E-state index contributed by atoms with van der Waals surface area (Å²) in [6, 6.07) is 11.9. The zero-order valence-electron chi connectivity index (χ0n) is 16.7. The van der Waals surface area contributed by atoms with Crippen molar-refractivity contribution in [1.82, 2.24) is 9.21 Å². The van der Waals surface area contributed by atoms with Gasteiger partial charge in [0.15, 0.2) is 0 Å². The number of amides is 1. The first-order valence-corrected chi connectivity index (χ1v) is 10.9. The summed E-state index contributed by atoms with van der Waals surface area (Å²) in [4.78, 5) is 14.4. The predicted octanol–water partition coefficient (Wildman–Crippen LogP) is 2.66. The molecule has 0 spiro atoms. The molecule has 1 aromatic carbocycles. The fraction of sp³-hybridized carbons (Fsp3) is 0.400. The Kier molecular flexibility index (Phi) is 8.39. The first-order valence-electron chi connectivity index (χ1n) is 9.42. The van der Waals surface area contributed by atoms with Crippen LogP contribution in [0, 0.1) is 11.3 Å². The second-order valence-corrected chi connectivity index (χ2v) is 8.30. The molecular weight excluding hydrogens is 392 g/mol. The SMILES string of the molecule is CCN(CC)S(=O)(=O)c1cccc(NC(=O)CN(CCC#N)Cc2ccco2)c1. The maximum atomic E-state index is 12.7. The average Bonchev–Trinajstić information content (AvgIpc) is 3.20. The van der Waals surface area contributed by atoms with Gasteiger partial charge >= 0.3 is 0 Å². The van der Waals surface area contributed by atoms with Crippen LogP contribution in [0.3, 0.4) is 0 Å². The number of carbonyl (C=O) groups excluding carboxylic acids is 1. The topological polar surface area (TPSA) is 107 Å². The van der Waals surface area contributed by atoms with Crippen molar-refractivity contribution in [2.75, 3.05) is 31.5 Å². The number of nitrogens with one attached hydrogen (secondary N) is 1. The van der Waals surface area contributed by atoms with Crippen molar-refractivity contribution in [2.45, 2.75) is 31.7 Å². The van der Waals surface area contributed by atoms with Crippen molar-refractivity contribution in [3.8, 4) is 6.07 Å². The summed E-state index contributed by atoms with van der Waals surface area (Å²) in [6.45, 7) is 5.17. The molecule has 156 valence electrons. The highest BCUT2D eigenvalue weighted by Gasteiger charge is 2.22. The van der Waals surface area contributed by atoms with E-state index in [1.807, 2.05) is 0 Å². The second kappa shape index (κ2) is 10.8. The van der Waals surface area contributed by atoms with Gasteiger partial charge < -0.3 is 9.73 Å². The van der Waals surface area contributed by atoms with E-state index < -0.39 is 10.0 Å². The first-order chi connectivity index (χ1) is 13.9. The average molecular weight is 419 g/mol. The molecule has 0 unspecified atom stereocenters. The van der Waals surface area contributed by atoms with E-state index in [2.05, 4.69) is 11.4 Å². The monoisotopic (exact) mass is 418 g/mol. The summed E-state index contributed by atoms with van der Waals surface area (Å²) in [5.74, 6) is 0.398. The van der Waals surface area contributed by atoms with Crippen LogP contribution < -0.4 is 5.32 Å². The number of hydrogen-bond acceptors (Lipinski definition) is 6. The van der Waals surface area contributed by atoms with E-state index in [4.69, 9.17) is 9.68 Å². The van der Waals surface area contributed by atoms with Gasteiger partial charge in [-0.1, -0.05) is 19.9 Å². The summed E-state index contributed by atoms with van der Waals surface area (Å²) in [6.07, 6.45) is 1.84. The van der Waals surface area contributed by atoms with Crippen molar-refractivity contribution >= 4 is 21.6 Å². The zero-order valence-corrected chi connectivity index (χ0v) is 17.5. The lowest BCUT2D eigenvalue weighted by molar-refractivity contribution is -0.117. The van der Waals surface area contributed by atoms with E-state index in [0.717, 1.165) is 0 Å². The number of hydrogen-bond donors (Lipinski definition) is 1. The normalized spacial score (nSPS) is 11.6. The first kappa shape index (κ1) is 22.6. The summed E-state index contributed by atoms with van der Waals surface area (Å²) in [5, 5.41) is 11.6. The van der Waals surface area contributed by atoms with Gasteiger partial charge in [0.25, 0.3) is 0 Å². The lowest BCUT2D eigenvalue weighted by atomic mass is 10.3. The molecule has 1 amide bonds. The van der Waals surface area contributed by atoms with Gasteiger partial charge in [-0.05, 0) is 30.3 Å². The Morgan fingerprint density at radius 2 is 1.97 bits per heavy atom. The van der Waals surface area contributed by atoms with Gasteiger partial charge in [0, 0.05) is 31.7 Å². The van der Waals surface area contributed by atoms with Crippen LogP contribution in [0.15, 0.2) is 52.0 Å². The Morgan fingerprint density at radius 3 is 2.59 bits per heavy atom. The van der Waals surface area contributed by atoms with E-state index in [1.54, 1.807) is 49.3 Å². The Hall–Kier alpha value is -2.67. The highest BCUT2D eigenvalue weighted by Crippen LogP contribution is 2.19. The molecule has 2 aromatic rings. The van der Waals surface area contributed by atoms with Gasteiger partial charge in [-0.15, -0.1) is 0 Å². The molecule has 0 bridgehead atoms. The molecule has 0 aliphatic carbocycles. The number of nitrogens with zero attached hydrogens (tertiary/aromatic N) is 3. The van der Waals surface area contributed by atoms with Crippen LogP contribution in [0.2, 0.25) is 0 Å². The molecule has 9 heteroatoms. The quantitative estimate of drug-likeness (QED) is 0.601. The molecule has 0 aliphatic heterocycles.